The van der Waals surface area contributed by atoms with Crippen molar-refractivity contribution < 1.29 is 28.7 Å². The maximum Gasteiger partial charge on any atom is 0.275 e. The second-order valence-electron chi connectivity index (χ2n) is 17.6. The number of nitriles is 1. The Hall–Kier alpha value is -5.83. The topological polar surface area (TPSA) is 169 Å². The third-order valence-corrected chi connectivity index (χ3v) is 13.5. The average Bonchev–Trinajstić information content (AvgIpc) is 3.63. The number of benzene rings is 2. The lowest BCUT2D eigenvalue weighted by Gasteiger charge is -2.65. The number of carbonyl (C=O) groups excluding carboxylic acids is 5. The minimum absolute atomic E-state index is 0.0808. The van der Waals surface area contributed by atoms with Gasteiger partial charge >= 0.3 is 0 Å². The molecule has 2 aliphatic carbocycles. The van der Waals surface area contributed by atoms with E-state index >= 15 is 0 Å². The van der Waals surface area contributed by atoms with E-state index in [-0.39, 0.29) is 47.9 Å². The summed E-state index contributed by atoms with van der Waals surface area (Å²) in [6.07, 6.45) is 3.48. The van der Waals surface area contributed by atoms with Gasteiger partial charge in [-0.2, -0.15) is 5.26 Å². The van der Waals surface area contributed by atoms with Crippen LogP contribution in [-0.4, -0.2) is 105 Å². The number of hydrogen-bond acceptors (Lipinski definition) is 11. The summed E-state index contributed by atoms with van der Waals surface area (Å²) >= 11 is 6.28. The molecule has 4 fully saturated rings. The molecule has 59 heavy (non-hydrogen) atoms. The number of ether oxygens (including phenoxy) is 1. The zero-order chi connectivity index (χ0) is 41.5. The highest BCUT2D eigenvalue weighted by molar-refractivity contribution is 6.31. The SMILES string of the molecule is CC1(C)C(Oc2ccc(C#N)c(Cl)c2)C(C)(C)C1N1Cc2nc(C#CC3CC(N4CCN(c5ccc6c(c5)C(=O)N(C5CCC(=O)NC5=O)C6=O)CC4)C3)cnc2C1=O. The molecule has 0 radical (unpaired) electrons. The van der Waals surface area contributed by atoms with Crippen molar-refractivity contribution in [3.05, 3.63) is 81.4 Å². The predicted octanol–water partition coefficient (Wildman–Crippen LogP) is 4.19. The van der Waals surface area contributed by atoms with Gasteiger partial charge in [-0.15, -0.1) is 0 Å². The van der Waals surface area contributed by atoms with E-state index in [2.05, 4.69) is 65.7 Å². The number of rotatable bonds is 6. The Bertz CT molecular complexity index is 2440. The average molecular weight is 815 g/mol. The Morgan fingerprint density at radius 3 is 2.34 bits per heavy atom. The maximum absolute atomic E-state index is 13.7. The number of carbonyl (C=O) groups is 5. The third kappa shape index (κ3) is 6.41. The first-order valence-electron chi connectivity index (χ1n) is 20.0. The number of piperidine rings is 1. The number of nitrogens with zero attached hydrogens (tertiary/aromatic N) is 7. The summed E-state index contributed by atoms with van der Waals surface area (Å²) in [6.45, 7) is 12.0. The Kier molecular flexibility index (Phi) is 9.29. The summed E-state index contributed by atoms with van der Waals surface area (Å²) in [4.78, 5) is 81.1. The number of fused-ring (bicyclic) bond motifs is 2. The molecule has 3 aromatic rings. The van der Waals surface area contributed by atoms with Crippen LogP contribution in [0.2, 0.25) is 5.02 Å². The quantitative estimate of drug-likeness (QED) is 0.280. The van der Waals surface area contributed by atoms with Gasteiger partial charge in [0.25, 0.3) is 17.7 Å². The predicted molar refractivity (Wildman–Crippen MR) is 214 cm³/mol. The number of imide groups is 2. The lowest BCUT2D eigenvalue weighted by molar-refractivity contribution is -0.199. The number of hydrogen-bond donors (Lipinski definition) is 1. The van der Waals surface area contributed by atoms with Gasteiger partial charge < -0.3 is 14.5 Å². The molecular formula is C44H43ClN8O6. The van der Waals surface area contributed by atoms with Crippen molar-refractivity contribution in [1.82, 2.24) is 30.0 Å². The molecule has 15 heteroatoms. The fourth-order valence-corrected chi connectivity index (χ4v) is 10.8. The Labute approximate surface area is 346 Å². The van der Waals surface area contributed by atoms with Crippen LogP contribution in [0.15, 0.2) is 42.6 Å². The Morgan fingerprint density at radius 1 is 0.915 bits per heavy atom. The summed E-state index contributed by atoms with van der Waals surface area (Å²) in [5.74, 6) is 5.26. The first-order chi connectivity index (χ1) is 28.1. The monoisotopic (exact) mass is 814 g/mol. The molecule has 14 nitrogen and oxygen atoms in total. The van der Waals surface area contributed by atoms with Crippen molar-refractivity contribution >= 4 is 46.8 Å². The largest absolute Gasteiger partial charge is 0.489 e. The first-order valence-corrected chi connectivity index (χ1v) is 20.4. The zero-order valence-electron chi connectivity index (χ0n) is 33.3. The van der Waals surface area contributed by atoms with Gasteiger partial charge in [-0.25, -0.2) is 9.97 Å². The fourth-order valence-electron chi connectivity index (χ4n) is 10.5. The normalized spacial score (nSPS) is 26.9. The molecule has 0 spiro atoms. The molecule has 2 saturated heterocycles. The van der Waals surface area contributed by atoms with Crippen LogP contribution in [-0.2, 0) is 16.1 Å². The number of anilines is 1. The van der Waals surface area contributed by atoms with Crippen LogP contribution in [0, 0.1) is 39.9 Å². The maximum atomic E-state index is 13.7. The minimum Gasteiger partial charge on any atom is -0.489 e. The summed E-state index contributed by atoms with van der Waals surface area (Å²) in [5.41, 5.74) is 2.56. The van der Waals surface area contributed by atoms with Crippen molar-refractivity contribution in [2.45, 2.75) is 84.2 Å². The van der Waals surface area contributed by atoms with Crippen LogP contribution >= 0.6 is 11.6 Å². The molecule has 2 aromatic carbocycles. The van der Waals surface area contributed by atoms with E-state index in [0.29, 0.717) is 46.0 Å². The van der Waals surface area contributed by atoms with Gasteiger partial charge in [0, 0.05) is 73.2 Å². The molecule has 6 aliphatic rings. The summed E-state index contributed by atoms with van der Waals surface area (Å²) in [5, 5.41) is 11.8. The van der Waals surface area contributed by atoms with Gasteiger partial charge in [-0.05, 0) is 55.5 Å². The van der Waals surface area contributed by atoms with Crippen molar-refractivity contribution in [3.8, 4) is 23.7 Å². The van der Waals surface area contributed by atoms with E-state index < -0.39 is 40.5 Å². The van der Waals surface area contributed by atoms with Gasteiger partial charge in [-0.3, -0.25) is 39.1 Å². The highest BCUT2D eigenvalue weighted by Crippen LogP contribution is 2.59. The smallest absolute Gasteiger partial charge is 0.275 e. The van der Waals surface area contributed by atoms with Gasteiger partial charge in [0.1, 0.15) is 29.7 Å². The summed E-state index contributed by atoms with van der Waals surface area (Å²) in [6, 6.07) is 11.7. The van der Waals surface area contributed by atoms with E-state index in [0.717, 1.165) is 49.6 Å². The molecule has 4 aliphatic heterocycles. The van der Waals surface area contributed by atoms with E-state index in [1.165, 1.54) is 0 Å². The van der Waals surface area contributed by atoms with Crippen molar-refractivity contribution in [1.29, 1.82) is 5.26 Å². The van der Waals surface area contributed by atoms with Crippen molar-refractivity contribution in [2.75, 3.05) is 31.1 Å². The van der Waals surface area contributed by atoms with Gasteiger partial charge in [0.15, 0.2) is 5.69 Å². The van der Waals surface area contributed by atoms with E-state index in [1.54, 1.807) is 36.5 Å². The Morgan fingerprint density at radius 2 is 1.64 bits per heavy atom. The van der Waals surface area contributed by atoms with Crippen LogP contribution in [0.1, 0.15) is 102 Å². The minimum atomic E-state index is -0.987. The molecular weight excluding hydrogens is 772 g/mol. The molecule has 9 rings (SSSR count). The van der Waals surface area contributed by atoms with Crippen LogP contribution in [0.3, 0.4) is 0 Å². The highest BCUT2D eigenvalue weighted by atomic mass is 35.5. The number of piperazine rings is 1. The molecule has 1 aromatic heterocycles. The van der Waals surface area contributed by atoms with E-state index in [1.807, 2.05) is 11.0 Å². The van der Waals surface area contributed by atoms with Gasteiger partial charge in [-0.1, -0.05) is 45.2 Å². The molecule has 2 saturated carbocycles. The second kappa shape index (κ2) is 14.2. The van der Waals surface area contributed by atoms with Crippen molar-refractivity contribution in [3.63, 3.8) is 0 Å². The third-order valence-electron chi connectivity index (χ3n) is 13.2. The highest BCUT2D eigenvalue weighted by Gasteiger charge is 2.67. The first kappa shape index (κ1) is 38.7. The number of halogens is 1. The summed E-state index contributed by atoms with van der Waals surface area (Å²) in [7, 11) is 0. The molecule has 5 amide bonds. The van der Waals surface area contributed by atoms with E-state index in [4.69, 9.17) is 21.3 Å². The van der Waals surface area contributed by atoms with E-state index in [9.17, 15) is 29.2 Å². The second-order valence-corrected chi connectivity index (χ2v) is 18.0. The zero-order valence-corrected chi connectivity index (χ0v) is 34.0. The Balaban J connectivity index is 0.776. The van der Waals surface area contributed by atoms with Gasteiger partial charge in [0.2, 0.25) is 11.8 Å². The number of nitrogens with one attached hydrogen (secondary N) is 1. The fraction of sp³-hybridized carbons (Fsp3) is 0.455. The molecule has 302 valence electrons. The van der Waals surface area contributed by atoms with Crippen LogP contribution in [0.25, 0.3) is 0 Å². The molecule has 1 atom stereocenters. The molecule has 1 N–H and O–H groups in total. The lowest BCUT2D eigenvalue weighted by Crippen LogP contribution is -2.74. The van der Waals surface area contributed by atoms with Crippen molar-refractivity contribution in [2.24, 2.45) is 16.7 Å². The standard InChI is InChI=1S/C44H43ClN8O6/c1-43(2)41(44(3,4)42(43)59-29-9-6-25(21-46)32(45)20-29)52-23-33-36(40(52)58)47-22-26(48-33)7-5-24-17-28(18-24)51-15-13-50(14-16-51)27-8-10-30-31(19-27)39(57)53(38(30)56)34-11-12-35(54)49-37(34)55/h6,8-10,19-20,22,24,28,34,41-42H,11-18,23H2,1-4H3,(H,49,54,55). The molecule has 1 unspecified atom stereocenters. The van der Waals surface area contributed by atoms with Crippen LogP contribution in [0.5, 0.6) is 5.75 Å². The molecule has 0 bridgehead atoms. The van der Waals surface area contributed by atoms with Crippen LogP contribution < -0.4 is 15.0 Å². The lowest BCUT2D eigenvalue weighted by atomic mass is 9.49. The number of amides is 5. The molecule has 5 heterocycles. The van der Waals surface area contributed by atoms with Crippen LogP contribution in [0.4, 0.5) is 5.69 Å². The van der Waals surface area contributed by atoms with Gasteiger partial charge in [0.05, 0.1) is 40.1 Å². The summed E-state index contributed by atoms with van der Waals surface area (Å²) < 4.78 is 6.44. The number of aromatic nitrogens is 2.